The molecule has 0 aliphatic heterocycles. The molecule has 12 rings (SSSR count). The van der Waals surface area contributed by atoms with Crippen molar-refractivity contribution in [3.05, 3.63) is 267 Å². The smallest absolute Gasteiger partial charge is 0.278 e. The Balaban J connectivity index is 1.17. The molecule has 5 heteroatoms. The van der Waals surface area contributed by atoms with Gasteiger partial charge < -0.3 is 13.2 Å². The van der Waals surface area contributed by atoms with E-state index in [1.54, 1.807) is 0 Å². The second-order valence-corrected chi connectivity index (χ2v) is 23.7. The van der Waals surface area contributed by atoms with Crippen molar-refractivity contribution in [2.45, 2.75) is 0 Å². The van der Waals surface area contributed by atoms with E-state index in [0.717, 1.165) is 16.9 Å². The maximum Gasteiger partial charge on any atom is 0.278 e. The summed E-state index contributed by atoms with van der Waals surface area (Å²) in [7, 11) is -6.76. The van der Waals surface area contributed by atoms with Crippen LogP contribution in [0.3, 0.4) is 0 Å². The number of nitrogens with zero attached hydrogens (tertiary/aromatic N) is 2. The van der Waals surface area contributed by atoms with Crippen LogP contribution in [0.4, 0.5) is 0 Å². The van der Waals surface area contributed by atoms with Crippen LogP contribution in [-0.4, -0.2) is 25.8 Å². The second-order valence-electron chi connectivity index (χ2n) is 16.7. The van der Waals surface area contributed by atoms with E-state index in [1.165, 1.54) is 69.2 Å². The lowest BCUT2D eigenvalue weighted by Gasteiger charge is -2.44. The summed E-state index contributed by atoms with van der Waals surface area (Å²) >= 11 is 0. The Bertz CT molecular complexity index is 3480. The van der Waals surface area contributed by atoms with Crippen LogP contribution in [0.5, 0.6) is 0 Å². The van der Waals surface area contributed by atoms with Crippen molar-refractivity contribution >= 4 is 91.4 Å². The van der Waals surface area contributed by atoms with Crippen molar-refractivity contribution in [2.24, 2.45) is 0 Å². The molecule has 0 unspecified atom stereocenters. The number of benzene rings is 10. The van der Waals surface area contributed by atoms with Gasteiger partial charge in [0.15, 0.2) is 0 Å². The first-order valence-corrected chi connectivity index (χ1v) is 26.2. The summed E-state index contributed by atoms with van der Waals surface area (Å²) in [5.41, 5.74) is 6.97. The zero-order chi connectivity index (χ0) is 43.2. The van der Waals surface area contributed by atoms with Crippen molar-refractivity contribution < 1.29 is 4.12 Å². The Morgan fingerprint density at radius 2 is 0.554 bits per heavy atom. The summed E-state index contributed by atoms with van der Waals surface area (Å²) in [6.45, 7) is 0. The minimum Gasteiger partial charge on any atom is -0.435 e. The van der Waals surface area contributed by atoms with E-state index in [9.17, 15) is 0 Å². The predicted molar refractivity (Wildman–Crippen MR) is 278 cm³/mol. The standard InChI is InChI=1S/C60H44N2OSi2/c1-7-24-45(25-8-1)61-55-40-21-19-38-53(55)59-57(61)42-43-58-60(59)54-39-20-22-41-56(54)62(58)46-26-23-37-52(44-46)65(50-33-15-5-16-34-50,51-35-17-6-18-36-51)63-64(47-27-9-2-10-28-47,48-29-11-3-12-30-48)49-31-13-4-14-32-49/h1-44H. The second kappa shape index (κ2) is 16.1. The number of para-hydroxylation sites is 3. The summed E-state index contributed by atoms with van der Waals surface area (Å²) in [6, 6.07) is 97.6. The Kier molecular flexibility index (Phi) is 9.60. The van der Waals surface area contributed by atoms with Gasteiger partial charge in [0.1, 0.15) is 0 Å². The van der Waals surface area contributed by atoms with Crippen molar-refractivity contribution in [3.8, 4) is 11.4 Å². The summed E-state index contributed by atoms with van der Waals surface area (Å²) in [5, 5.41) is 12.2. The topological polar surface area (TPSA) is 19.1 Å². The molecule has 0 aliphatic rings. The lowest BCUT2D eigenvalue weighted by molar-refractivity contribution is 0.600. The van der Waals surface area contributed by atoms with Gasteiger partial charge in [0, 0.05) is 32.9 Å². The van der Waals surface area contributed by atoms with Gasteiger partial charge in [0.05, 0.1) is 22.1 Å². The SMILES string of the molecule is c1ccc(-n2c3ccccc3c3c4c5ccccc5n(-c5cccc([Si](O[Si](c6ccccc6)(c6ccccc6)c6ccccc6)(c6ccccc6)c6ccccc6)c5)c4ccc32)cc1. The molecular formula is C60H44N2OSi2. The summed E-state index contributed by atoms with van der Waals surface area (Å²) in [5.74, 6) is 0. The highest BCUT2D eigenvalue weighted by Gasteiger charge is 2.53. The molecule has 2 heterocycles. The van der Waals surface area contributed by atoms with Gasteiger partial charge in [0.25, 0.3) is 16.6 Å². The van der Waals surface area contributed by atoms with Crippen molar-refractivity contribution in [2.75, 3.05) is 0 Å². The third-order valence-corrected chi connectivity index (χ3v) is 22.5. The Labute approximate surface area is 381 Å². The van der Waals surface area contributed by atoms with E-state index < -0.39 is 16.6 Å². The van der Waals surface area contributed by atoms with E-state index in [1.807, 2.05) is 0 Å². The largest absolute Gasteiger partial charge is 0.435 e. The Hall–Kier alpha value is -7.81. The lowest BCUT2D eigenvalue weighted by atomic mass is 10.1. The molecule has 0 atom stereocenters. The third-order valence-electron chi connectivity index (χ3n) is 13.2. The highest BCUT2D eigenvalue weighted by Crippen LogP contribution is 2.42. The summed E-state index contributed by atoms with van der Waals surface area (Å²) < 4.78 is 13.6. The van der Waals surface area contributed by atoms with Gasteiger partial charge in [-0.15, -0.1) is 0 Å². The maximum atomic E-state index is 8.71. The van der Waals surface area contributed by atoms with Gasteiger partial charge in [-0.05, 0) is 79.7 Å². The van der Waals surface area contributed by atoms with Crippen molar-refractivity contribution in [1.82, 2.24) is 9.13 Å². The molecule has 308 valence electrons. The fourth-order valence-electron chi connectivity index (χ4n) is 10.5. The fraction of sp³-hybridized carbons (Fsp3) is 0. The van der Waals surface area contributed by atoms with Crippen LogP contribution >= 0.6 is 0 Å². The van der Waals surface area contributed by atoms with Crippen LogP contribution in [0, 0.1) is 0 Å². The van der Waals surface area contributed by atoms with Crippen molar-refractivity contribution in [1.29, 1.82) is 0 Å². The Morgan fingerprint density at radius 1 is 0.246 bits per heavy atom. The first-order chi connectivity index (χ1) is 32.3. The van der Waals surface area contributed by atoms with E-state index in [2.05, 4.69) is 276 Å². The van der Waals surface area contributed by atoms with E-state index >= 15 is 0 Å². The highest BCUT2D eigenvalue weighted by molar-refractivity contribution is 7.18. The molecule has 0 spiro atoms. The molecule has 0 bridgehead atoms. The molecule has 0 N–H and O–H groups in total. The van der Waals surface area contributed by atoms with Crippen molar-refractivity contribution in [3.63, 3.8) is 0 Å². The molecule has 0 saturated carbocycles. The number of rotatable bonds is 10. The van der Waals surface area contributed by atoms with Crippen LogP contribution in [0.2, 0.25) is 0 Å². The van der Waals surface area contributed by atoms with Crippen LogP contribution in [0.1, 0.15) is 0 Å². The average molecular weight is 865 g/mol. The number of hydrogen-bond acceptors (Lipinski definition) is 1. The minimum absolute atomic E-state index is 1.10. The van der Waals surface area contributed by atoms with E-state index in [-0.39, 0.29) is 0 Å². The molecule has 0 aliphatic carbocycles. The number of fused-ring (bicyclic) bond motifs is 7. The quantitative estimate of drug-likeness (QED) is 0.0990. The zero-order valence-electron chi connectivity index (χ0n) is 35.7. The fourth-order valence-corrected chi connectivity index (χ4v) is 21.1. The van der Waals surface area contributed by atoms with Gasteiger partial charge in [-0.2, -0.15) is 0 Å². The number of aromatic nitrogens is 2. The number of hydrogen-bond donors (Lipinski definition) is 0. The van der Waals surface area contributed by atoms with Gasteiger partial charge in [-0.1, -0.05) is 218 Å². The average Bonchev–Trinajstić information content (AvgIpc) is 3.91. The van der Waals surface area contributed by atoms with E-state index in [4.69, 9.17) is 4.12 Å². The van der Waals surface area contributed by atoms with E-state index in [0.29, 0.717) is 0 Å². The summed E-state index contributed by atoms with van der Waals surface area (Å²) in [6.07, 6.45) is 0. The molecule has 2 aromatic heterocycles. The van der Waals surface area contributed by atoms with Crippen LogP contribution in [-0.2, 0) is 4.12 Å². The molecule has 3 nitrogen and oxygen atoms in total. The lowest BCUT2D eigenvalue weighted by Crippen LogP contribution is -2.81. The molecule has 0 amide bonds. The Morgan fingerprint density at radius 3 is 0.969 bits per heavy atom. The molecule has 0 saturated heterocycles. The molecular weight excluding hydrogens is 821 g/mol. The molecule has 65 heavy (non-hydrogen) atoms. The first kappa shape index (κ1) is 38.8. The predicted octanol–water partition coefficient (Wildman–Crippen LogP) is 10.5. The molecule has 0 radical (unpaired) electrons. The molecule has 10 aromatic carbocycles. The zero-order valence-corrected chi connectivity index (χ0v) is 37.7. The highest BCUT2D eigenvalue weighted by atomic mass is 28.4. The van der Waals surface area contributed by atoms with Crippen LogP contribution in [0.15, 0.2) is 267 Å². The monoisotopic (exact) mass is 864 g/mol. The van der Waals surface area contributed by atoms with Crippen LogP contribution < -0.4 is 31.1 Å². The summed E-state index contributed by atoms with van der Waals surface area (Å²) in [4.78, 5) is 0. The van der Waals surface area contributed by atoms with Gasteiger partial charge in [0.2, 0.25) is 0 Å². The first-order valence-electron chi connectivity index (χ1n) is 22.4. The van der Waals surface area contributed by atoms with Crippen LogP contribution in [0.25, 0.3) is 55.0 Å². The third kappa shape index (κ3) is 6.20. The minimum atomic E-state index is -3.46. The van der Waals surface area contributed by atoms with Gasteiger partial charge >= 0.3 is 0 Å². The maximum absolute atomic E-state index is 8.71. The molecule has 0 fully saturated rings. The van der Waals surface area contributed by atoms with Gasteiger partial charge in [-0.3, -0.25) is 0 Å². The normalized spacial score (nSPS) is 12.1. The van der Waals surface area contributed by atoms with Gasteiger partial charge in [-0.25, -0.2) is 0 Å². The molecule has 12 aromatic rings.